The molecule has 0 saturated carbocycles. The highest BCUT2D eigenvalue weighted by atomic mass is 35.5. The second-order valence-corrected chi connectivity index (χ2v) is 5.46. The SMILES string of the molecule is CB(O)N1CCC(F)(c2ncc(Cl)cc2Cl)CC1. The molecule has 0 bridgehead atoms. The first-order valence-electron chi connectivity index (χ1n) is 5.85. The van der Waals surface area contributed by atoms with Crippen LogP contribution >= 0.6 is 23.2 Å². The maximum Gasteiger partial charge on any atom is 0.376 e. The van der Waals surface area contributed by atoms with Crippen molar-refractivity contribution >= 4 is 30.3 Å². The summed E-state index contributed by atoms with van der Waals surface area (Å²) in [6.45, 7) is 2.64. The molecule has 1 aliphatic heterocycles. The van der Waals surface area contributed by atoms with E-state index in [2.05, 4.69) is 4.98 Å². The largest absolute Gasteiger partial charge is 0.437 e. The van der Waals surface area contributed by atoms with Gasteiger partial charge in [-0.15, -0.1) is 0 Å². The molecule has 0 amide bonds. The summed E-state index contributed by atoms with van der Waals surface area (Å²) >= 11 is 11.8. The normalized spacial score (nSPS) is 19.8. The number of hydrogen-bond donors (Lipinski definition) is 1. The van der Waals surface area contributed by atoms with Crippen molar-refractivity contribution in [3.05, 3.63) is 28.0 Å². The lowest BCUT2D eigenvalue weighted by molar-refractivity contribution is 0.0766. The topological polar surface area (TPSA) is 36.4 Å². The average molecular weight is 291 g/mol. The van der Waals surface area contributed by atoms with E-state index in [0.29, 0.717) is 18.1 Å². The Hall–Kier alpha value is -0.355. The van der Waals surface area contributed by atoms with Gasteiger partial charge in [0.2, 0.25) is 0 Å². The number of aromatic nitrogens is 1. The maximum absolute atomic E-state index is 14.8. The van der Waals surface area contributed by atoms with E-state index in [1.54, 1.807) is 6.82 Å². The van der Waals surface area contributed by atoms with Gasteiger partial charge in [-0.05, 0) is 38.8 Å². The minimum atomic E-state index is -1.53. The van der Waals surface area contributed by atoms with Crippen molar-refractivity contribution in [2.24, 2.45) is 0 Å². The molecule has 0 aliphatic carbocycles. The third kappa shape index (κ3) is 2.80. The van der Waals surface area contributed by atoms with E-state index in [1.165, 1.54) is 12.3 Å². The highest BCUT2D eigenvalue weighted by Gasteiger charge is 2.40. The second kappa shape index (κ2) is 5.33. The molecule has 98 valence electrons. The fourth-order valence-electron chi connectivity index (χ4n) is 2.23. The van der Waals surface area contributed by atoms with Crippen LogP contribution in [0.2, 0.25) is 16.9 Å². The molecule has 7 heteroatoms. The summed E-state index contributed by atoms with van der Waals surface area (Å²) in [4.78, 5) is 5.84. The number of piperidine rings is 1. The van der Waals surface area contributed by atoms with Gasteiger partial charge in [-0.2, -0.15) is 0 Å². The number of alkyl halides is 1. The predicted molar refractivity (Wildman–Crippen MR) is 71.7 cm³/mol. The molecule has 3 nitrogen and oxygen atoms in total. The lowest BCUT2D eigenvalue weighted by atomic mass is 9.79. The molecule has 0 atom stereocenters. The summed E-state index contributed by atoms with van der Waals surface area (Å²) in [7, 11) is -0.553. The molecule has 1 aromatic rings. The third-order valence-corrected chi connectivity index (χ3v) is 3.85. The molecule has 18 heavy (non-hydrogen) atoms. The number of hydrogen-bond acceptors (Lipinski definition) is 3. The smallest absolute Gasteiger partial charge is 0.376 e. The lowest BCUT2D eigenvalue weighted by Crippen LogP contribution is -2.47. The molecule has 0 aromatic carbocycles. The zero-order valence-electron chi connectivity index (χ0n) is 10.0. The van der Waals surface area contributed by atoms with E-state index in [-0.39, 0.29) is 23.6 Å². The van der Waals surface area contributed by atoms with Crippen molar-refractivity contribution in [1.29, 1.82) is 0 Å². The van der Waals surface area contributed by atoms with Gasteiger partial charge in [0, 0.05) is 6.20 Å². The minimum absolute atomic E-state index is 0.249. The molecule has 2 rings (SSSR count). The van der Waals surface area contributed by atoms with Crippen LogP contribution in [-0.4, -0.2) is 35.0 Å². The molecule has 2 heterocycles. The van der Waals surface area contributed by atoms with Crippen molar-refractivity contribution in [1.82, 2.24) is 9.79 Å². The monoisotopic (exact) mass is 290 g/mol. The summed E-state index contributed by atoms with van der Waals surface area (Å²) < 4.78 is 14.8. The first-order valence-corrected chi connectivity index (χ1v) is 6.60. The molecular formula is C11H14BCl2FN2O. The number of rotatable bonds is 2. The van der Waals surface area contributed by atoms with Crippen LogP contribution in [0.5, 0.6) is 0 Å². The van der Waals surface area contributed by atoms with Crippen LogP contribution in [0.25, 0.3) is 0 Å². The Bertz CT molecular complexity index is 439. The average Bonchev–Trinajstić information content (AvgIpc) is 2.29. The maximum atomic E-state index is 14.8. The Labute approximate surface area is 116 Å². The van der Waals surface area contributed by atoms with Gasteiger partial charge in [0.25, 0.3) is 0 Å². The summed E-state index contributed by atoms with van der Waals surface area (Å²) in [5.41, 5.74) is -1.29. The molecule has 0 radical (unpaired) electrons. The second-order valence-electron chi connectivity index (χ2n) is 4.62. The minimum Gasteiger partial charge on any atom is -0.437 e. The lowest BCUT2D eigenvalue weighted by Gasteiger charge is -2.36. The number of halogens is 3. The van der Waals surface area contributed by atoms with Crippen LogP contribution in [0.1, 0.15) is 18.5 Å². The van der Waals surface area contributed by atoms with Gasteiger partial charge in [-0.3, -0.25) is 4.98 Å². The fourth-order valence-corrected chi connectivity index (χ4v) is 2.78. The zero-order valence-corrected chi connectivity index (χ0v) is 11.5. The van der Waals surface area contributed by atoms with Crippen molar-refractivity contribution in [3.8, 4) is 0 Å². The highest BCUT2D eigenvalue weighted by molar-refractivity contribution is 6.45. The number of nitrogens with zero attached hydrogens (tertiary/aromatic N) is 2. The quantitative estimate of drug-likeness (QED) is 0.851. The molecule has 0 unspecified atom stereocenters. The van der Waals surface area contributed by atoms with E-state index in [1.807, 2.05) is 4.81 Å². The van der Waals surface area contributed by atoms with Crippen molar-refractivity contribution in [2.75, 3.05) is 13.1 Å². The Morgan fingerprint density at radius 3 is 2.56 bits per heavy atom. The Morgan fingerprint density at radius 1 is 1.44 bits per heavy atom. The Kier molecular flexibility index (Phi) is 4.16. The van der Waals surface area contributed by atoms with E-state index in [4.69, 9.17) is 23.2 Å². The van der Waals surface area contributed by atoms with Gasteiger partial charge in [-0.25, -0.2) is 4.39 Å². The van der Waals surface area contributed by atoms with Crippen LogP contribution in [0, 0.1) is 0 Å². The summed E-state index contributed by atoms with van der Waals surface area (Å²) in [5.74, 6) is 0. The van der Waals surface area contributed by atoms with Crippen LogP contribution in [-0.2, 0) is 5.67 Å². The van der Waals surface area contributed by atoms with Gasteiger partial charge >= 0.3 is 7.05 Å². The highest BCUT2D eigenvalue weighted by Crippen LogP contribution is 2.39. The molecule has 1 fully saturated rings. The number of pyridine rings is 1. The molecular weight excluding hydrogens is 277 g/mol. The van der Waals surface area contributed by atoms with Gasteiger partial charge in [0.15, 0.2) is 5.67 Å². The van der Waals surface area contributed by atoms with Crippen molar-refractivity contribution in [2.45, 2.75) is 25.3 Å². The molecule has 1 aliphatic rings. The first-order chi connectivity index (χ1) is 8.42. The molecule has 1 aromatic heterocycles. The summed E-state index contributed by atoms with van der Waals surface area (Å²) in [6, 6.07) is 1.51. The van der Waals surface area contributed by atoms with Gasteiger partial charge in [0.1, 0.15) is 0 Å². The van der Waals surface area contributed by atoms with Gasteiger partial charge in [0.05, 0.1) is 15.7 Å². The van der Waals surface area contributed by atoms with Crippen LogP contribution < -0.4 is 0 Å². The first kappa shape index (κ1) is 14.1. The van der Waals surface area contributed by atoms with E-state index in [9.17, 15) is 9.41 Å². The van der Waals surface area contributed by atoms with E-state index >= 15 is 0 Å². The van der Waals surface area contributed by atoms with E-state index in [0.717, 1.165) is 0 Å². The fraction of sp³-hybridized carbons (Fsp3) is 0.545. The van der Waals surface area contributed by atoms with Gasteiger partial charge < -0.3 is 9.83 Å². The summed E-state index contributed by atoms with van der Waals surface area (Å²) in [5, 5.41) is 10.1. The van der Waals surface area contributed by atoms with Crippen molar-refractivity contribution in [3.63, 3.8) is 0 Å². The van der Waals surface area contributed by atoms with E-state index < -0.39 is 12.7 Å². The van der Waals surface area contributed by atoms with Crippen molar-refractivity contribution < 1.29 is 9.41 Å². The Morgan fingerprint density at radius 2 is 2.06 bits per heavy atom. The standard InChI is InChI=1S/C11H14BCl2FN2O/c1-12(18)17-4-2-11(15,3-5-17)10-9(14)6-8(13)7-16-10/h6-7,18H,2-5H2,1H3. The molecule has 1 N–H and O–H groups in total. The van der Waals surface area contributed by atoms with Crippen LogP contribution in [0.4, 0.5) is 4.39 Å². The molecule has 1 saturated heterocycles. The Balaban J connectivity index is 2.18. The summed E-state index contributed by atoms with van der Waals surface area (Å²) in [6.07, 6.45) is 1.95. The van der Waals surface area contributed by atoms with Crippen LogP contribution in [0.15, 0.2) is 12.3 Å². The zero-order chi connectivity index (χ0) is 13.3. The third-order valence-electron chi connectivity index (χ3n) is 3.35. The van der Waals surface area contributed by atoms with Crippen LogP contribution in [0.3, 0.4) is 0 Å². The van der Waals surface area contributed by atoms with Gasteiger partial charge in [-0.1, -0.05) is 23.2 Å². The predicted octanol–water partition coefficient (Wildman–Crippen LogP) is 2.76. The molecule has 0 spiro atoms.